The topological polar surface area (TPSA) is 68.2 Å². The van der Waals surface area contributed by atoms with Crippen LogP contribution < -0.4 is 9.64 Å². The first kappa shape index (κ1) is 26.4. The Kier molecular flexibility index (Phi) is 7.27. The molecule has 0 bridgehead atoms. The number of fused-ring (bicyclic) bond motifs is 1. The van der Waals surface area contributed by atoms with Crippen LogP contribution in [-0.2, 0) is 0 Å². The van der Waals surface area contributed by atoms with Gasteiger partial charge >= 0.3 is 0 Å². The average molecular weight is 552 g/mol. The fraction of sp³-hybridized carbons (Fsp3) is 0.333. The predicted molar refractivity (Wildman–Crippen MR) is 162 cm³/mol. The Morgan fingerprint density at radius 3 is 2.62 bits per heavy atom. The summed E-state index contributed by atoms with van der Waals surface area (Å²) in [7, 11) is 0. The van der Waals surface area contributed by atoms with Crippen LogP contribution in [0.1, 0.15) is 44.2 Å². The fourth-order valence-electron chi connectivity index (χ4n) is 5.88. The first-order chi connectivity index (χ1) is 19.4. The Bertz CT molecular complexity index is 1590. The number of pyridine rings is 1. The maximum absolute atomic E-state index is 9.69. The number of halogens is 1. The standard InChI is InChI=1S/C33H34ClN5O/c1-33(2)11-9-26(30(19-33)23-3-6-27(34)7-4-23)22-38-13-15-39(16-14-38)28-8-5-25(20-35)31(18-28)40-29-17-24-10-12-36-32(24)37-21-29/h3-8,10,12,17-18,21H,9,11,13-16,19,22H2,1-2H3,(H,36,37). The summed E-state index contributed by atoms with van der Waals surface area (Å²) in [6.45, 7) is 9.61. The van der Waals surface area contributed by atoms with Gasteiger partial charge in [0.25, 0.3) is 0 Å². The van der Waals surface area contributed by atoms with Gasteiger partial charge in [-0.25, -0.2) is 4.98 Å². The number of aromatic amines is 1. The first-order valence-corrected chi connectivity index (χ1v) is 14.3. The third-order valence-corrected chi connectivity index (χ3v) is 8.47. The van der Waals surface area contributed by atoms with E-state index in [1.807, 2.05) is 48.7 Å². The van der Waals surface area contributed by atoms with E-state index < -0.39 is 0 Å². The quantitative estimate of drug-likeness (QED) is 0.266. The fourth-order valence-corrected chi connectivity index (χ4v) is 6.01. The lowest BCUT2D eigenvalue weighted by molar-refractivity contribution is 0.264. The number of piperazine rings is 1. The molecule has 204 valence electrons. The summed E-state index contributed by atoms with van der Waals surface area (Å²) in [5, 5.41) is 11.5. The van der Waals surface area contributed by atoms with Gasteiger partial charge in [-0.3, -0.25) is 4.90 Å². The number of allylic oxidation sites excluding steroid dienone is 1. The highest BCUT2D eigenvalue weighted by molar-refractivity contribution is 6.30. The highest BCUT2D eigenvalue weighted by atomic mass is 35.5. The molecular weight excluding hydrogens is 518 g/mol. The second-order valence-corrected chi connectivity index (χ2v) is 12.1. The van der Waals surface area contributed by atoms with Crippen molar-refractivity contribution >= 4 is 33.9 Å². The van der Waals surface area contributed by atoms with Crippen LogP contribution in [0.5, 0.6) is 11.5 Å². The van der Waals surface area contributed by atoms with Gasteiger partial charge in [-0.2, -0.15) is 5.26 Å². The maximum Gasteiger partial charge on any atom is 0.147 e. The molecule has 7 heteroatoms. The van der Waals surface area contributed by atoms with Crippen molar-refractivity contribution in [1.29, 1.82) is 5.26 Å². The number of nitrogens with one attached hydrogen (secondary N) is 1. The zero-order chi connectivity index (χ0) is 27.7. The minimum Gasteiger partial charge on any atom is -0.454 e. The molecule has 0 atom stereocenters. The van der Waals surface area contributed by atoms with Crippen LogP contribution in [0.4, 0.5) is 5.69 Å². The third-order valence-electron chi connectivity index (χ3n) is 8.22. The van der Waals surface area contributed by atoms with E-state index in [4.69, 9.17) is 16.3 Å². The molecule has 2 aromatic heterocycles. The minimum absolute atomic E-state index is 0.315. The molecule has 1 fully saturated rings. The number of benzene rings is 2. The van der Waals surface area contributed by atoms with Gasteiger partial charge in [0.2, 0.25) is 0 Å². The molecule has 0 amide bonds. The molecule has 0 saturated carbocycles. The largest absolute Gasteiger partial charge is 0.454 e. The summed E-state index contributed by atoms with van der Waals surface area (Å²) in [5.74, 6) is 1.17. The SMILES string of the molecule is CC1(C)CCC(CN2CCN(c3ccc(C#N)c(Oc4cnc5[nH]ccc5c4)c3)CC2)=C(c2ccc(Cl)cc2)C1. The van der Waals surface area contributed by atoms with Crippen molar-refractivity contribution in [3.05, 3.63) is 88.7 Å². The molecule has 0 unspecified atom stereocenters. The zero-order valence-electron chi connectivity index (χ0n) is 23.1. The van der Waals surface area contributed by atoms with E-state index in [1.165, 1.54) is 17.6 Å². The molecule has 1 saturated heterocycles. The summed E-state index contributed by atoms with van der Waals surface area (Å²) in [6.07, 6.45) is 7.01. The smallest absolute Gasteiger partial charge is 0.147 e. The number of rotatable bonds is 6. The summed E-state index contributed by atoms with van der Waals surface area (Å²) in [5.41, 5.74) is 7.09. The van der Waals surface area contributed by atoms with Gasteiger partial charge in [0, 0.05) is 61.1 Å². The molecular formula is C33H34ClN5O. The molecule has 0 radical (unpaired) electrons. The van der Waals surface area contributed by atoms with Gasteiger partial charge in [-0.1, -0.05) is 43.2 Å². The Morgan fingerprint density at radius 1 is 1.05 bits per heavy atom. The van der Waals surface area contributed by atoms with E-state index in [9.17, 15) is 5.26 Å². The molecule has 0 spiro atoms. The van der Waals surface area contributed by atoms with E-state index in [2.05, 4.69) is 51.8 Å². The average Bonchev–Trinajstić information content (AvgIpc) is 3.43. The molecule has 1 aliphatic carbocycles. The predicted octanol–water partition coefficient (Wildman–Crippen LogP) is 7.67. The lowest BCUT2D eigenvalue weighted by atomic mass is 9.72. The van der Waals surface area contributed by atoms with Gasteiger partial charge in [-0.15, -0.1) is 0 Å². The second-order valence-electron chi connectivity index (χ2n) is 11.7. The Balaban J connectivity index is 1.15. The van der Waals surface area contributed by atoms with Crippen molar-refractivity contribution < 1.29 is 4.74 Å². The van der Waals surface area contributed by atoms with E-state index >= 15 is 0 Å². The number of nitriles is 1. The maximum atomic E-state index is 9.69. The van der Waals surface area contributed by atoms with E-state index in [1.54, 1.807) is 11.8 Å². The van der Waals surface area contributed by atoms with Gasteiger partial charge in [0.1, 0.15) is 23.2 Å². The Morgan fingerprint density at radius 2 is 1.85 bits per heavy atom. The molecule has 6 rings (SSSR count). The van der Waals surface area contributed by atoms with Crippen LogP contribution in [0.25, 0.3) is 16.6 Å². The van der Waals surface area contributed by atoms with E-state index in [0.717, 1.165) is 67.3 Å². The van der Waals surface area contributed by atoms with Crippen molar-refractivity contribution in [1.82, 2.24) is 14.9 Å². The summed E-state index contributed by atoms with van der Waals surface area (Å²) < 4.78 is 6.16. The zero-order valence-corrected chi connectivity index (χ0v) is 23.8. The molecule has 2 aromatic carbocycles. The lowest BCUT2D eigenvalue weighted by Crippen LogP contribution is -2.47. The highest BCUT2D eigenvalue weighted by Crippen LogP contribution is 2.43. The number of aromatic nitrogens is 2. The first-order valence-electron chi connectivity index (χ1n) is 14.0. The van der Waals surface area contributed by atoms with Crippen LogP contribution >= 0.6 is 11.6 Å². The molecule has 6 nitrogen and oxygen atoms in total. The van der Waals surface area contributed by atoms with Crippen molar-refractivity contribution in [2.24, 2.45) is 5.41 Å². The number of hydrogen-bond donors (Lipinski definition) is 1. The van der Waals surface area contributed by atoms with Crippen LogP contribution in [0, 0.1) is 16.7 Å². The Labute approximate surface area is 240 Å². The molecule has 3 heterocycles. The lowest BCUT2D eigenvalue weighted by Gasteiger charge is -2.39. The van der Waals surface area contributed by atoms with Gasteiger partial charge in [0.15, 0.2) is 0 Å². The number of H-pyrrole nitrogens is 1. The van der Waals surface area contributed by atoms with Crippen molar-refractivity contribution in [2.75, 3.05) is 37.6 Å². The van der Waals surface area contributed by atoms with E-state index in [0.29, 0.717) is 22.5 Å². The van der Waals surface area contributed by atoms with Crippen LogP contribution in [-0.4, -0.2) is 47.6 Å². The van der Waals surface area contributed by atoms with Crippen LogP contribution in [0.2, 0.25) is 5.02 Å². The summed E-state index contributed by atoms with van der Waals surface area (Å²) in [6, 6.07) is 20.4. The number of hydrogen-bond acceptors (Lipinski definition) is 5. The number of anilines is 1. The van der Waals surface area contributed by atoms with Gasteiger partial charge < -0.3 is 14.6 Å². The third kappa shape index (κ3) is 5.72. The monoisotopic (exact) mass is 551 g/mol. The van der Waals surface area contributed by atoms with E-state index in [-0.39, 0.29) is 0 Å². The second kappa shape index (κ2) is 11.0. The molecule has 2 aliphatic rings. The molecule has 1 aliphatic heterocycles. The number of nitrogens with zero attached hydrogens (tertiary/aromatic N) is 4. The normalized spacial score (nSPS) is 17.7. The number of ether oxygens (including phenoxy) is 1. The Hall–Kier alpha value is -3.79. The van der Waals surface area contributed by atoms with Crippen molar-refractivity contribution in [2.45, 2.75) is 33.1 Å². The van der Waals surface area contributed by atoms with Crippen LogP contribution in [0.15, 0.2) is 72.6 Å². The molecule has 1 N–H and O–H groups in total. The summed E-state index contributed by atoms with van der Waals surface area (Å²) in [4.78, 5) is 12.5. The minimum atomic E-state index is 0.315. The summed E-state index contributed by atoms with van der Waals surface area (Å²) >= 11 is 6.19. The molecule has 40 heavy (non-hydrogen) atoms. The van der Waals surface area contributed by atoms with Gasteiger partial charge in [0.05, 0.1) is 11.8 Å². The van der Waals surface area contributed by atoms with Crippen molar-refractivity contribution in [3.8, 4) is 17.6 Å². The van der Waals surface area contributed by atoms with Gasteiger partial charge in [-0.05, 0) is 72.2 Å². The molecule has 4 aromatic rings. The van der Waals surface area contributed by atoms with Crippen LogP contribution in [0.3, 0.4) is 0 Å². The van der Waals surface area contributed by atoms with Crippen molar-refractivity contribution in [3.63, 3.8) is 0 Å². The highest BCUT2D eigenvalue weighted by Gasteiger charge is 2.29.